The van der Waals surface area contributed by atoms with Crippen LogP contribution in [0.3, 0.4) is 0 Å². The standard InChI is InChI=1S/C16H18N4O2/c1-4-20-13-8-6-5-7-12(13)18-14(20)9-17-16(21)15-10(2)19-22-11(15)3/h5-8H,4,9H2,1-3H3,(H,17,21). The van der Waals surface area contributed by atoms with Gasteiger partial charge in [-0.1, -0.05) is 17.3 Å². The predicted molar refractivity (Wildman–Crippen MR) is 82.6 cm³/mol. The van der Waals surface area contributed by atoms with E-state index in [4.69, 9.17) is 4.52 Å². The zero-order chi connectivity index (χ0) is 15.7. The molecule has 0 aliphatic rings. The number of fused-ring (bicyclic) bond motifs is 1. The molecular formula is C16H18N4O2. The van der Waals surface area contributed by atoms with Gasteiger partial charge in [-0.25, -0.2) is 4.98 Å². The molecule has 0 radical (unpaired) electrons. The van der Waals surface area contributed by atoms with E-state index in [1.165, 1.54) is 0 Å². The fourth-order valence-electron chi connectivity index (χ4n) is 2.67. The quantitative estimate of drug-likeness (QED) is 0.803. The molecule has 2 aromatic heterocycles. The Hall–Kier alpha value is -2.63. The normalized spacial score (nSPS) is 11.0. The second kappa shape index (κ2) is 5.63. The lowest BCUT2D eigenvalue weighted by molar-refractivity contribution is 0.0947. The fraction of sp³-hybridized carbons (Fsp3) is 0.312. The molecule has 1 aromatic carbocycles. The molecule has 0 atom stereocenters. The van der Waals surface area contributed by atoms with E-state index in [-0.39, 0.29) is 5.91 Å². The van der Waals surface area contributed by atoms with Crippen LogP contribution in [0.15, 0.2) is 28.8 Å². The first-order chi connectivity index (χ1) is 10.6. The zero-order valence-corrected chi connectivity index (χ0v) is 12.9. The monoisotopic (exact) mass is 298 g/mol. The maximum atomic E-state index is 12.3. The van der Waals surface area contributed by atoms with Gasteiger partial charge >= 0.3 is 0 Å². The van der Waals surface area contributed by atoms with Crippen LogP contribution >= 0.6 is 0 Å². The predicted octanol–water partition coefficient (Wildman–Crippen LogP) is 2.59. The number of rotatable bonds is 4. The number of hydrogen-bond donors (Lipinski definition) is 1. The Morgan fingerprint density at radius 1 is 1.32 bits per heavy atom. The molecule has 1 N–H and O–H groups in total. The van der Waals surface area contributed by atoms with Gasteiger partial charge in [-0.2, -0.15) is 0 Å². The summed E-state index contributed by atoms with van der Waals surface area (Å²) in [5, 5.41) is 6.70. The molecule has 0 spiro atoms. The summed E-state index contributed by atoms with van der Waals surface area (Å²) >= 11 is 0. The summed E-state index contributed by atoms with van der Waals surface area (Å²) in [7, 11) is 0. The third-order valence-electron chi connectivity index (χ3n) is 3.72. The molecule has 0 saturated heterocycles. The largest absolute Gasteiger partial charge is 0.361 e. The fourth-order valence-corrected chi connectivity index (χ4v) is 2.67. The van der Waals surface area contributed by atoms with E-state index < -0.39 is 0 Å². The van der Waals surface area contributed by atoms with E-state index in [2.05, 4.69) is 26.9 Å². The average molecular weight is 298 g/mol. The maximum absolute atomic E-state index is 12.3. The second-order valence-electron chi connectivity index (χ2n) is 5.14. The van der Waals surface area contributed by atoms with Crippen LogP contribution < -0.4 is 5.32 Å². The Labute approximate surface area is 128 Å². The van der Waals surface area contributed by atoms with Gasteiger partial charge < -0.3 is 14.4 Å². The number of hydrogen-bond acceptors (Lipinski definition) is 4. The lowest BCUT2D eigenvalue weighted by atomic mass is 10.2. The molecule has 1 amide bonds. The van der Waals surface area contributed by atoms with Crippen molar-refractivity contribution < 1.29 is 9.32 Å². The van der Waals surface area contributed by atoms with Crippen molar-refractivity contribution in [1.82, 2.24) is 20.0 Å². The van der Waals surface area contributed by atoms with E-state index in [9.17, 15) is 4.79 Å². The summed E-state index contributed by atoms with van der Waals surface area (Å²) in [6, 6.07) is 7.95. The van der Waals surface area contributed by atoms with Gasteiger partial charge in [-0.15, -0.1) is 0 Å². The van der Waals surface area contributed by atoms with Gasteiger partial charge in [0, 0.05) is 6.54 Å². The number of carbonyl (C=O) groups excluding carboxylic acids is 1. The maximum Gasteiger partial charge on any atom is 0.257 e. The molecule has 0 fully saturated rings. The van der Waals surface area contributed by atoms with Gasteiger partial charge in [0.2, 0.25) is 0 Å². The summed E-state index contributed by atoms with van der Waals surface area (Å²) in [4.78, 5) is 16.9. The molecule has 22 heavy (non-hydrogen) atoms. The Morgan fingerprint density at radius 2 is 2.09 bits per heavy atom. The molecule has 2 heterocycles. The van der Waals surface area contributed by atoms with Crippen LogP contribution in [0, 0.1) is 13.8 Å². The third-order valence-corrected chi connectivity index (χ3v) is 3.72. The Kier molecular flexibility index (Phi) is 3.66. The van der Waals surface area contributed by atoms with Crippen molar-refractivity contribution in [3.8, 4) is 0 Å². The average Bonchev–Trinajstić information content (AvgIpc) is 3.04. The molecule has 6 heteroatoms. The first-order valence-corrected chi connectivity index (χ1v) is 7.27. The van der Waals surface area contributed by atoms with Crippen LogP contribution in [0.4, 0.5) is 0 Å². The van der Waals surface area contributed by atoms with E-state index in [0.29, 0.717) is 23.6 Å². The Balaban J connectivity index is 1.84. The van der Waals surface area contributed by atoms with Crippen molar-refractivity contribution in [2.24, 2.45) is 0 Å². The van der Waals surface area contributed by atoms with Gasteiger partial charge in [0.05, 0.1) is 23.3 Å². The van der Waals surface area contributed by atoms with Crippen molar-refractivity contribution in [2.75, 3.05) is 0 Å². The number of aryl methyl sites for hydroxylation is 3. The van der Waals surface area contributed by atoms with Crippen LogP contribution in [-0.2, 0) is 13.1 Å². The SMILES string of the molecule is CCn1c(CNC(=O)c2c(C)noc2C)nc2ccccc21. The van der Waals surface area contributed by atoms with Crippen molar-refractivity contribution in [2.45, 2.75) is 33.9 Å². The molecule has 0 bridgehead atoms. The van der Waals surface area contributed by atoms with Crippen LogP contribution in [0.1, 0.15) is 34.6 Å². The minimum absolute atomic E-state index is 0.189. The summed E-state index contributed by atoms with van der Waals surface area (Å²) in [5.41, 5.74) is 3.11. The summed E-state index contributed by atoms with van der Waals surface area (Å²) in [5.74, 6) is 1.17. The highest BCUT2D eigenvalue weighted by atomic mass is 16.5. The van der Waals surface area contributed by atoms with E-state index in [1.807, 2.05) is 24.3 Å². The van der Waals surface area contributed by atoms with E-state index in [1.54, 1.807) is 13.8 Å². The highest BCUT2D eigenvalue weighted by Crippen LogP contribution is 2.16. The van der Waals surface area contributed by atoms with Crippen LogP contribution in [-0.4, -0.2) is 20.6 Å². The van der Waals surface area contributed by atoms with Gasteiger partial charge in [-0.3, -0.25) is 4.79 Å². The number of carbonyl (C=O) groups is 1. The van der Waals surface area contributed by atoms with Crippen molar-refractivity contribution in [3.63, 3.8) is 0 Å². The van der Waals surface area contributed by atoms with Gasteiger partial charge in [0.25, 0.3) is 5.91 Å². The van der Waals surface area contributed by atoms with E-state index >= 15 is 0 Å². The zero-order valence-electron chi connectivity index (χ0n) is 12.9. The number of para-hydroxylation sites is 2. The molecule has 0 aliphatic carbocycles. The smallest absolute Gasteiger partial charge is 0.257 e. The molecule has 114 valence electrons. The van der Waals surface area contributed by atoms with Gasteiger partial charge in [-0.05, 0) is 32.9 Å². The summed E-state index contributed by atoms with van der Waals surface area (Å²) < 4.78 is 7.13. The molecule has 0 aliphatic heterocycles. The third kappa shape index (κ3) is 2.36. The molecule has 3 aromatic rings. The minimum atomic E-state index is -0.189. The lowest BCUT2D eigenvalue weighted by Gasteiger charge is -2.07. The number of amides is 1. The highest BCUT2D eigenvalue weighted by molar-refractivity contribution is 5.96. The Bertz CT molecular complexity index is 812. The number of benzene rings is 1. The topological polar surface area (TPSA) is 73.0 Å². The van der Waals surface area contributed by atoms with Crippen molar-refractivity contribution >= 4 is 16.9 Å². The second-order valence-corrected chi connectivity index (χ2v) is 5.14. The van der Waals surface area contributed by atoms with Gasteiger partial charge in [0.15, 0.2) is 0 Å². The van der Waals surface area contributed by atoms with Gasteiger partial charge in [0.1, 0.15) is 17.1 Å². The lowest BCUT2D eigenvalue weighted by Crippen LogP contribution is -2.25. The summed E-state index contributed by atoms with van der Waals surface area (Å²) in [6.45, 7) is 6.72. The minimum Gasteiger partial charge on any atom is -0.361 e. The first kappa shape index (κ1) is 14.3. The molecule has 0 unspecified atom stereocenters. The van der Waals surface area contributed by atoms with Crippen molar-refractivity contribution in [3.05, 3.63) is 47.1 Å². The summed E-state index contributed by atoms with van der Waals surface area (Å²) in [6.07, 6.45) is 0. The van der Waals surface area contributed by atoms with Crippen LogP contribution in [0.5, 0.6) is 0 Å². The first-order valence-electron chi connectivity index (χ1n) is 7.27. The molecule has 3 rings (SSSR count). The number of nitrogens with one attached hydrogen (secondary N) is 1. The highest BCUT2D eigenvalue weighted by Gasteiger charge is 2.18. The molecule has 6 nitrogen and oxygen atoms in total. The molecular weight excluding hydrogens is 280 g/mol. The number of nitrogens with zero attached hydrogens (tertiary/aromatic N) is 3. The molecule has 0 saturated carbocycles. The van der Waals surface area contributed by atoms with Crippen LogP contribution in [0.2, 0.25) is 0 Å². The Morgan fingerprint density at radius 3 is 2.77 bits per heavy atom. The van der Waals surface area contributed by atoms with Crippen LogP contribution in [0.25, 0.3) is 11.0 Å². The number of aromatic nitrogens is 3. The van der Waals surface area contributed by atoms with Crippen molar-refractivity contribution in [1.29, 1.82) is 0 Å². The van der Waals surface area contributed by atoms with E-state index in [0.717, 1.165) is 23.4 Å². The number of imidazole rings is 1.